The number of ether oxygens (including phenoxy) is 1. The Kier molecular flexibility index (Phi) is 2.39. The molecule has 1 aromatic rings. The van der Waals surface area contributed by atoms with Crippen LogP contribution in [0.1, 0.15) is 23.6 Å². The number of benzene rings is 1. The molecule has 1 N–H and O–H groups in total. The van der Waals surface area contributed by atoms with Gasteiger partial charge in [-0.05, 0) is 18.1 Å². The van der Waals surface area contributed by atoms with Gasteiger partial charge in [0.1, 0.15) is 0 Å². The molecule has 2 rings (SSSR count). The molecule has 1 aliphatic rings. The lowest BCUT2D eigenvalue weighted by Crippen LogP contribution is -2.35. The first kappa shape index (κ1) is 9.06. The largest absolute Gasteiger partial charge is 0.449 e. The third-order valence-electron chi connectivity index (χ3n) is 2.50. The van der Waals surface area contributed by atoms with Crippen molar-refractivity contribution in [1.82, 2.24) is 5.32 Å². The van der Waals surface area contributed by atoms with Crippen molar-refractivity contribution in [2.45, 2.75) is 19.4 Å². The van der Waals surface area contributed by atoms with Gasteiger partial charge >= 0.3 is 6.09 Å². The molecule has 0 aromatic heterocycles. The van der Waals surface area contributed by atoms with Gasteiger partial charge in [0.15, 0.2) is 0 Å². The zero-order chi connectivity index (χ0) is 9.97. The average Bonchev–Trinajstić information content (AvgIpc) is 2.18. The molecule has 1 amide bonds. The molecule has 1 heterocycles. The molecule has 0 saturated carbocycles. The van der Waals surface area contributed by atoms with Gasteiger partial charge in [0.25, 0.3) is 0 Å². The fourth-order valence-electron chi connectivity index (χ4n) is 1.74. The number of alkyl carbamates (subject to hydrolysis) is 1. The van der Waals surface area contributed by atoms with Crippen LogP contribution in [0.2, 0.25) is 0 Å². The van der Waals surface area contributed by atoms with Gasteiger partial charge in [0.05, 0.1) is 12.6 Å². The van der Waals surface area contributed by atoms with Crippen LogP contribution >= 0.6 is 0 Å². The zero-order valence-electron chi connectivity index (χ0n) is 8.12. The molecular weight excluding hydrogens is 178 g/mol. The molecule has 14 heavy (non-hydrogen) atoms. The van der Waals surface area contributed by atoms with E-state index in [4.69, 9.17) is 4.74 Å². The predicted octanol–water partition coefficient (Wildman–Crippen LogP) is 2.17. The SMILES string of the molecule is Cc1ccccc1[C@H]1CCOC(=O)N1. The summed E-state index contributed by atoms with van der Waals surface area (Å²) in [6.45, 7) is 2.56. The van der Waals surface area contributed by atoms with Crippen LogP contribution in [0.25, 0.3) is 0 Å². The van der Waals surface area contributed by atoms with E-state index in [0.717, 1.165) is 6.42 Å². The highest BCUT2D eigenvalue weighted by molar-refractivity contribution is 5.68. The molecule has 0 spiro atoms. The van der Waals surface area contributed by atoms with Crippen LogP contribution < -0.4 is 5.32 Å². The van der Waals surface area contributed by atoms with Crippen molar-refractivity contribution < 1.29 is 9.53 Å². The fraction of sp³-hybridized carbons (Fsp3) is 0.364. The van der Waals surface area contributed by atoms with Gasteiger partial charge in [-0.25, -0.2) is 4.79 Å². The number of carbonyl (C=O) groups is 1. The van der Waals surface area contributed by atoms with E-state index in [1.54, 1.807) is 0 Å². The maximum absolute atomic E-state index is 11.0. The van der Waals surface area contributed by atoms with Crippen molar-refractivity contribution in [2.75, 3.05) is 6.61 Å². The monoisotopic (exact) mass is 191 g/mol. The van der Waals surface area contributed by atoms with Crippen LogP contribution in [-0.4, -0.2) is 12.7 Å². The van der Waals surface area contributed by atoms with Gasteiger partial charge in [-0.2, -0.15) is 0 Å². The molecule has 1 aliphatic heterocycles. The van der Waals surface area contributed by atoms with E-state index in [9.17, 15) is 4.79 Å². The highest BCUT2D eigenvalue weighted by Gasteiger charge is 2.21. The zero-order valence-corrected chi connectivity index (χ0v) is 8.12. The van der Waals surface area contributed by atoms with E-state index in [1.807, 2.05) is 18.2 Å². The minimum Gasteiger partial charge on any atom is -0.449 e. The molecule has 1 aromatic carbocycles. The summed E-state index contributed by atoms with van der Waals surface area (Å²) in [6.07, 6.45) is 0.529. The summed E-state index contributed by atoms with van der Waals surface area (Å²) >= 11 is 0. The molecule has 1 saturated heterocycles. The van der Waals surface area contributed by atoms with Crippen LogP contribution in [0, 0.1) is 6.92 Å². The molecule has 3 nitrogen and oxygen atoms in total. The topological polar surface area (TPSA) is 38.3 Å². The summed E-state index contributed by atoms with van der Waals surface area (Å²) in [5.74, 6) is 0. The number of rotatable bonds is 1. The van der Waals surface area contributed by atoms with Gasteiger partial charge in [0.2, 0.25) is 0 Å². The smallest absolute Gasteiger partial charge is 0.407 e. The lowest BCUT2D eigenvalue weighted by atomic mass is 9.99. The summed E-state index contributed by atoms with van der Waals surface area (Å²) in [5.41, 5.74) is 2.39. The standard InChI is InChI=1S/C11H13NO2/c1-8-4-2-3-5-9(8)10-6-7-14-11(13)12-10/h2-5,10H,6-7H2,1H3,(H,12,13)/t10-/m1/s1. The first-order valence-corrected chi connectivity index (χ1v) is 4.76. The molecule has 3 heteroatoms. The minimum atomic E-state index is -0.315. The van der Waals surface area contributed by atoms with E-state index in [1.165, 1.54) is 11.1 Å². The number of hydrogen-bond donors (Lipinski definition) is 1. The molecule has 0 unspecified atom stereocenters. The Bertz CT molecular complexity index is 349. The van der Waals surface area contributed by atoms with E-state index in [2.05, 4.69) is 18.3 Å². The van der Waals surface area contributed by atoms with E-state index in [-0.39, 0.29) is 12.1 Å². The third kappa shape index (κ3) is 1.71. The Labute approximate surface area is 83.1 Å². The molecular formula is C11H13NO2. The number of nitrogens with one attached hydrogen (secondary N) is 1. The van der Waals surface area contributed by atoms with Gasteiger partial charge in [-0.1, -0.05) is 24.3 Å². The predicted molar refractivity (Wildman–Crippen MR) is 53.0 cm³/mol. The van der Waals surface area contributed by atoms with Crippen molar-refractivity contribution in [1.29, 1.82) is 0 Å². The van der Waals surface area contributed by atoms with E-state index < -0.39 is 0 Å². The second-order valence-electron chi connectivity index (χ2n) is 3.48. The van der Waals surface area contributed by atoms with Crippen molar-refractivity contribution in [3.8, 4) is 0 Å². The highest BCUT2D eigenvalue weighted by Crippen LogP contribution is 2.22. The summed E-state index contributed by atoms with van der Waals surface area (Å²) in [6, 6.07) is 8.20. The van der Waals surface area contributed by atoms with E-state index >= 15 is 0 Å². The average molecular weight is 191 g/mol. The maximum atomic E-state index is 11.0. The second kappa shape index (κ2) is 3.70. The molecule has 0 radical (unpaired) electrons. The maximum Gasteiger partial charge on any atom is 0.407 e. The van der Waals surface area contributed by atoms with Crippen molar-refractivity contribution in [2.24, 2.45) is 0 Å². The van der Waals surface area contributed by atoms with Gasteiger partial charge in [-0.15, -0.1) is 0 Å². The number of aryl methyl sites for hydroxylation is 1. The second-order valence-corrected chi connectivity index (χ2v) is 3.48. The number of carbonyl (C=O) groups excluding carboxylic acids is 1. The molecule has 1 atom stereocenters. The Balaban J connectivity index is 2.22. The van der Waals surface area contributed by atoms with Crippen LogP contribution in [0.4, 0.5) is 4.79 Å². The normalized spacial score (nSPS) is 21.2. The molecule has 1 fully saturated rings. The number of hydrogen-bond acceptors (Lipinski definition) is 2. The number of amides is 1. The molecule has 74 valence electrons. The van der Waals surface area contributed by atoms with Crippen LogP contribution in [-0.2, 0) is 4.74 Å². The minimum absolute atomic E-state index is 0.109. The summed E-state index contributed by atoms with van der Waals surface area (Å²) in [7, 11) is 0. The summed E-state index contributed by atoms with van der Waals surface area (Å²) < 4.78 is 4.82. The van der Waals surface area contributed by atoms with E-state index in [0.29, 0.717) is 6.61 Å². The van der Waals surface area contributed by atoms with Crippen LogP contribution in [0.3, 0.4) is 0 Å². The summed E-state index contributed by atoms with van der Waals surface area (Å²) in [4.78, 5) is 11.0. The van der Waals surface area contributed by atoms with Crippen LogP contribution in [0.15, 0.2) is 24.3 Å². The quantitative estimate of drug-likeness (QED) is 0.738. The van der Waals surface area contributed by atoms with Crippen molar-refractivity contribution in [3.05, 3.63) is 35.4 Å². The lowest BCUT2D eigenvalue weighted by molar-refractivity contribution is 0.115. The Morgan fingerprint density at radius 1 is 1.43 bits per heavy atom. The van der Waals surface area contributed by atoms with Crippen LogP contribution in [0.5, 0.6) is 0 Å². The summed E-state index contributed by atoms with van der Waals surface area (Å²) in [5, 5.41) is 2.81. The van der Waals surface area contributed by atoms with Gasteiger partial charge in [0, 0.05) is 6.42 Å². The van der Waals surface area contributed by atoms with Crippen molar-refractivity contribution in [3.63, 3.8) is 0 Å². The van der Waals surface area contributed by atoms with Gasteiger partial charge in [-0.3, -0.25) is 0 Å². The molecule has 0 aliphatic carbocycles. The van der Waals surface area contributed by atoms with Gasteiger partial charge < -0.3 is 10.1 Å². The Hall–Kier alpha value is -1.51. The lowest BCUT2D eigenvalue weighted by Gasteiger charge is -2.24. The number of cyclic esters (lactones) is 1. The molecule has 0 bridgehead atoms. The fourth-order valence-corrected chi connectivity index (χ4v) is 1.74. The highest BCUT2D eigenvalue weighted by atomic mass is 16.5. The first-order valence-electron chi connectivity index (χ1n) is 4.76. The first-order chi connectivity index (χ1) is 6.77. The van der Waals surface area contributed by atoms with Crippen molar-refractivity contribution >= 4 is 6.09 Å². The Morgan fingerprint density at radius 2 is 2.21 bits per heavy atom. The Morgan fingerprint density at radius 3 is 2.93 bits per heavy atom. The third-order valence-corrected chi connectivity index (χ3v) is 2.50.